The van der Waals surface area contributed by atoms with E-state index in [4.69, 9.17) is 0 Å². The highest BCUT2D eigenvalue weighted by Gasteiger charge is 2.17. The summed E-state index contributed by atoms with van der Waals surface area (Å²) in [6.45, 7) is 0.318. The largest absolute Gasteiger partial charge is 0.341 e. The number of rotatable bonds is 9. The first kappa shape index (κ1) is 26.8. The van der Waals surface area contributed by atoms with Gasteiger partial charge in [0.05, 0.1) is 23.5 Å². The lowest BCUT2D eigenvalue weighted by Gasteiger charge is -2.21. The zero-order valence-corrected chi connectivity index (χ0v) is 23.5. The number of benzene rings is 3. The molecule has 3 aromatic heterocycles. The number of hydrogen-bond donors (Lipinski definition) is 3. The van der Waals surface area contributed by atoms with E-state index in [0.29, 0.717) is 52.2 Å². The maximum Gasteiger partial charge on any atom is 0.258 e. The van der Waals surface area contributed by atoms with Crippen LogP contribution in [0.2, 0.25) is 0 Å². The summed E-state index contributed by atoms with van der Waals surface area (Å²) < 4.78 is 25.3. The van der Waals surface area contributed by atoms with Crippen molar-refractivity contribution < 1.29 is 13.2 Å². The Morgan fingerprint density at radius 1 is 0.952 bits per heavy atom. The highest BCUT2D eigenvalue weighted by Crippen LogP contribution is 2.23. The van der Waals surface area contributed by atoms with E-state index in [0.717, 1.165) is 11.0 Å². The molecular weight excluding hydrogens is 556 g/mol. The van der Waals surface area contributed by atoms with Crippen molar-refractivity contribution in [2.75, 3.05) is 28.8 Å². The third-order valence-corrected chi connectivity index (χ3v) is 7.31. The number of nitrogens with one attached hydrogen (secondary N) is 3. The maximum atomic E-state index is 13.2. The van der Waals surface area contributed by atoms with Crippen molar-refractivity contribution in [1.29, 1.82) is 0 Å². The van der Waals surface area contributed by atoms with Crippen LogP contribution in [0, 0.1) is 0 Å². The number of aromatic amines is 1. The monoisotopic (exact) mass is 582 g/mol. The van der Waals surface area contributed by atoms with Crippen LogP contribution in [0.3, 0.4) is 0 Å². The number of para-hydroxylation sites is 2. The fraction of sp³-hybridized carbons (Fsp3) is 0.143. The number of hydrogen-bond acceptors (Lipinski definition) is 10. The highest BCUT2D eigenvalue weighted by atomic mass is 32.2. The number of anilines is 4. The SMILES string of the molecule is CN(Cn1c(NC(=O)c2ccc3n[nH]nc3c2)nc2ccccc21)c1ccnc(Nc2cccc(CS(C)(=O)=O)c2)n1. The summed E-state index contributed by atoms with van der Waals surface area (Å²) in [7, 11) is -1.29. The van der Waals surface area contributed by atoms with E-state index in [2.05, 4.69) is 41.0 Å². The number of fused-ring (bicyclic) bond motifs is 2. The average molecular weight is 583 g/mol. The number of amides is 1. The van der Waals surface area contributed by atoms with E-state index in [1.165, 1.54) is 6.26 Å². The molecule has 14 heteroatoms. The topological polar surface area (TPSA) is 164 Å². The van der Waals surface area contributed by atoms with Crippen molar-refractivity contribution >= 4 is 61.2 Å². The van der Waals surface area contributed by atoms with Crippen LogP contribution in [0.15, 0.2) is 79.0 Å². The number of H-pyrrole nitrogens is 1. The molecule has 0 aliphatic carbocycles. The molecule has 0 fully saturated rings. The van der Waals surface area contributed by atoms with Crippen LogP contribution >= 0.6 is 0 Å². The summed E-state index contributed by atoms with van der Waals surface area (Å²) in [5.41, 5.74) is 4.58. The third kappa shape index (κ3) is 5.88. The summed E-state index contributed by atoms with van der Waals surface area (Å²) in [4.78, 5) is 28.7. The summed E-state index contributed by atoms with van der Waals surface area (Å²) >= 11 is 0. The lowest BCUT2D eigenvalue weighted by atomic mass is 10.2. The van der Waals surface area contributed by atoms with Gasteiger partial charge in [0.25, 0.3) is 5.91 Å². The Hall–Kier alpha value is -5.37. The predicted octanol–water partition coefficient (Wildman–Crippen LogP) is 3.73. The van der Waals surface area contributed by atoms with Gasteiger partial charge in [0.15, 0.2) is 9.84 Å². The molecule has 212 valence electrons. The Morgan fingerprint density at radius 2 is 1.79 bits per heavy atom. The van der Waals surface area contributed by atoms with Gasteiger partial charge in [-0.3, -0.25) is 14.7 Å². The Labute approximate surface area is 240 Å². The summed E-state index contributed by atoms with van der Waals surface area (Å²) in [5, 5.41) is 16.7. The molecule has 0 aliphatic heterocycles. The molecule has 0 aliphatic rings. The molecule has 13 nitrogen and oxygen atoms in total. The minimum atomic E-state index is -3.16. The van der Waals surface area contributed by atoms with Crippen LogP contribution in [0.25, 0.3) is 22.1 Å². The van der Waals surface area contributed by atoms with Crippen molar-refractivity contribution in [2.45, 2.75) is 12.4 Å². The van der Waals surface area contributed by atoms with Gasteiger partial charge in [0.2, 0.25) is 11.9 Å². The minimum Gasteiger partial charge on any atom is -0.341 e. The van der Waals surface area contributed by atoms with Gasteiger partial charge in [-0.25, -0.2) is 18.4 Å². The molecule has 0 atom stereocenters. The molecule has 0 unspecified atom stereocenters. The van der Waals surface area contributed by atoms with Gasteiger partial charge < -0.3 is 10.2 Å². The predicted molar refractivity (Wildman–Crippen MR) is 160 cm³/mol. The molecular formula is C28H26N10O3S. The molecule has 6 aromatic rings. The second-order valence-corrected chi connectivity index (χ2v) is 11.9. The molecule has 0 bridgehead atoms. The van der Waals surface area contributed by atoms with Gasteiger partial charge in [-0.2, -0.15) is 20.4 Å². The smallest absolute Gasteiger partial charge is 0.258 e. The first-order valence-corrected chi connectivity index (χ1v) is 14.9. The minimum absolute atomic E-state index is 0.0568. The second-order valence-electron chi connectivity index (χ2n) is 9.81. The van der Waals surface area contributed by atoms with Crippen LogP contribution in [-0.4, -0.2) is 62.6 Å². The molecule has 3 N–H and O–H groups in total. The Bertz CT molecular complexity index is 2040. The van der Waals surface area contributed by atoms with Gasteiger partial charge >= 0.3 is 0 Å². The van der Waals surface area contributed by atoms with Gasteiger partial charge in [0.1, 0.15) is 16.9 Å². The number of sulfone groups is 1. The van der Waals surface area contributed by atoms with E-state index < -0.39 is 9.84 Å². The van der Waals surface area contributed by atoms with Crippen LogP contribution < -0.4 is 15.5 Å². The molecule has 1 amide bonds. The standard InChI is InChI=1S/C28H26N10O3S/c1-37(25-12-13-29-27(32-25)30-20-7-5-6-18(14-20)16-42(2,40)41)17-38-24-9-4-3-8-22(24)31-28(38)33-26(39)19-10-11-21-23(15-19)35-36-34-21/h3-15H,16-17H2,1-2H3,(H,29,30,32)(H,31,33,39)(H,34,35,36). The Balaban J connectivity index is 1.24. The van der Waals surface area contributed by atoms with Gasteiger partial charge in [-0.1, -0.05) is 24.3 Å². The van der Waals surface area contributed by atoms with E-state index in [1.807, 2.05) is 46.8 Å². The first-order valence-electron chi connectivity index (χ1n) is 12.9. The number of imidazole rings is 1. The molecule has 0 saturated carbocycles. The van der Waals surface area contributed by atoms with Crippen molar-refractivity contribution in [3.63, 3.8) is 0 Å². The molecule has 6 rings (SSSR count). The highest BCUT2D eigenvalue weighted by molar-refractivity contribution is 7.89. The molecule has 42 heavy (non-hydrogen) atoms. The van der Waals surface area contributed by atoms with Crippen molar-refractivity contribution in [3.8, 4) is 0 Å². The number of carbonyl (C=O) groups excluding carboxylic acids is 1. The van der Waals surface area contributed by atoms with E-state index in [-0.39, 0.29) is 11.7 Å². The lowest BCUT2D eigenvalue weighted by Crippen LogP contribution is -2.25. The second kappa shape index (κ2) is 10.9. The molecule has 0 radical (unpaired) electrons. The summed E-state index contributed by atoms with van der Waals surface area (Å²) in [6, 6.07) is 21.6. The maximum absolute atomic E-state index is 13.2. The Kier molecular flexibility index (Phi) is 6.96. The quantitative estimate of drug-likeness (QED) is 0.229. The fourth-order valence-corrected chi connectivity index (χ4v) is 5.33. The molecule has 3 heterocycles. The zero-order valence-electron chi connectivity index (χ0n) is 22.7. The van der Waals surface area contributed by atoms with Crippen LogP contribution in [0.4, 0.5) is 23.4 Å². The van der Waals surface area contributed by atoms with E-state index in [1.54, 1.807) is 48.7 Å². The number of aromatic nitrogens is 7. The average Bonchev–Trinajstić information content (AvgIpc) is 3.56. The van der Waals surface area contributed by atoms with Crippen LogP contribution in [0.5, 0.6) is 0 Å². The summed E-state index contributed by atoms with van der Waals surface area (Å²) in [6.07, 6.45) is 2.84. The third-order valence-electron chi connectivity index (χ3n) is 6.46. The molecule has 3 aromatic carbocycles. The fourth-order valence-electron chi connectivity index (χ4n) is 4.55. The first-order chi connectivity index (χ1) is 20.2. The van der Waals surface area contributed by atoms with Crippen LogP contribution in [-0.2, 0) is 22.3 Å². The van der Waals surface area contributed by atoms with Gasteiger partial charge in [-0.05, 0) is 54.1 Å². The van der Waals surface area contributed by atoms with Crippen molar-refractivity contribution in [1.82, 2.24) is 34.9 Å². The van der Waals surface area contributed by atoms with Crippen molar-refractivity contribution in [3.05, 3.63) is 90.1 Å². The van der Waals surface area contributed by atoms with E-state index >= 15 is 0 Å². The summed E-state index contributed by atoms with van der Waals surface area (Å²) in [5.74, 6) is 0.960. The van der Waals surface area contributed by atoms with Crippen molar-refractivity contribution in [2.24, 2.45) is 0 Å². The van der Waals surface area contributed by atoms with E-state index in [9.17, 15) is 13.2 Å². The zero-order chi connectivity index (χ0) is 29.3. The lowest BCUT2D eigenvalue weighted by molar-refractivity contribution is 0.102. The number of nitrogens with zero attached hydrogens (tertiary/aromatic N) is 7. The molecule has 0 spiro atoms. The van der Waals surface area contributed by atoms with Gasteiger partial charge in [-0.15, -0.1) is 0 Å². The van der Waals surface area contributed by atoms with Gasteiger partial charge in [0, 0.05) is 30.8 Å². The van der Waals surface area contributed by atoms with Crippen LogP contribution in [0.1, 0.15) is 15.9 Å². The molecule has 0 saturated heterocycles. The number of carbonyl (C=O) groups is 1. The Morgan fingerprint density at radius 3 is 2.64 bits per heavy atom. The normalized spacial score (nSPS) is 11.6.